The van der Waals surface area contributed by atoms with Crippen molar-refractivity contribution in [3.8, 4) is 0 Å². The van der Waals surface area contributed by atoms with Gasteiger partial charge in [-0.3, -0.25) is 9.59 Å². The zero-order chi connectivity index (χ0) is 27.4. The highest BCUT2D eigenvalue weighted by Gasteiger charge is 2.21. The molecule has 2 N–H and O–H groups in total. The fourth-order valence-electron chi connectivity index (χ4n) is 3.56. The lowest BCUT2D eigenvalue weighted by molar-refractivity contribution is -0.145. The van der Waals surface area contributed by atoms with Crippen LogP contribution < -0.4 is 10.6 Å². The second-order valence-electron chi connectivity index (χ2n) is 8.58. The van der Waals surface area contributed by atoms with E-state index < -0.39 is 21.9 Å². The van der Waals surface area contributed by atoms with Crippen molar-refractivity contribution < 1.29 is 22.7 Å². The van der Waals surface area contributed by atoms with Crippen molar-refractivity contribution in [1.29, 1.82) is 0 Å². The zero-order valence-corrected chi connectivity index (χ0v) is 22.8. The smallest absolute Gasteiger partial charge is 0.306 e. The first kappa shape index (κ1) is 29.0. The molecule has 0 aromatic heterocycles. The number of aryl methyl sites for hydroxylation is 1. The lowest BCUT2D eigenvalue weighted by atomic mass is 10.1. The molecular formula is C28H31N3O5S2. The minimum Gasteiger partial charge on any atom is -0.466 e. The molecule has 8 nitrogen and oxygen atoms in total. The van der Waals surface area contributed by atoms with Gasteiger partial charge in [0.15, 0.2) is 5.11 Å². The van der Waals surface area contributed by atoms with Gasteiger partial charge in [-0.15, -0.1) is 0 Å². The summed E-state index contributed by atoms with van der Waals surface area (Å²) in [5.41, 5.74) is 2.57. The maximum absolute atomic E-state index is 12.9. The maximum Gasteiger partial charge on any atom is 0.306 e. The van der Waals surface area contributed by atoms with E-state index in [4.69, 9.17) is 17.0 Å². The Morgan fingerprint density at radius 3 is 2.11 bits per heavy atom. The van der Waals surface area contributed by atoms with Crippen LogP contribution in [0.1, 0.15) is 30.4 Å². The summed E-state index contributed by atoms with van der Waals surface area (Å²) in [5.74, 6) is -0.869. The van der Waals surface area contributed by atoms with Crippen LogP contribution in [0.3, 0.4) is 0 Å². The largest absolute Gasteiger partial charge is 0.466 e. The standard InChI is InChI=1S/C28H31N3O5S2/c1-31(21-23-11-6-3-7-12-23)38(34,35)25-16-14-24(15-17-25)29-28(37)30-26(32)18-19-27(33)36-20-8-13-22-9-4-2-5-10-22/h2-7,9-12,14-17H,8,13,18-21H2,1H3,(H2,29,30,32,37). The summed E-state index contributed by atoms with van der Waals surface area (Å²) in [6.07, 6.45) is 1.40. The van der Waals surface area contributed by atoms with Gasteiger partial charge in [-0.2, -0.15) is 4.31 Å². The number of ether oxygens (including phenoxy) is 1. The molecule has 0 saturated heterocycles. The number of carbonyl (C=O) groups excluding carboxylic acids is 2. The number of carbonyl (C=O) groups is 2. The Balaban J connectivity index is 1.38. The number of amides is 1. The first-order valence-electron chi connectivity index (χ1n) is 12.1. The normalized spacial score (nSPS) is 11.1. The molecule has 10 heteroatoms. The van der Waals surface area contributed by atoms with Gasteiger partial charge < -0.3 is 15.4 Å². The van der Waals surface area contributed by atoms with Crippen LogP contribution in [-0.2, 0) is 37.3 Å². The fraction of sp³-hybridized carbons (Fsp3) is 0.250. The highest BCUT2D eigenvalue weighted by molar-refractivity contribution is 7.89. The van der Waals surface area contributed by atoms with Gasteiger partial charge in [0.2, 0.25) is 15.9 Å². The van der Waals surface area contributed by atoms with Crippen LogP contribution in [0.4, 0.5) is 5.69 Å². The molecule has 0 unspecified atom stereocenters. The van der Waals surface area contributed by atoms with E-state index in [2.05, 4.69) is 10.6 Å². The molecule has 0 spiro atoms. The summed E-state index contributed by atoms with van der Waals surface area (Å²) in [6, 6.07) is 25.3. The van der Waals surface area contributed by atoms with Gasteiger partial charge in [0, 0.05) is 25.7 Å². The van der Waals surface area contributed by atoms with Crippen LogP contribution in [0.2, 0.25) is 0 Å². The van der Waals surface area contributed by atoms with Crippen molar-refractivity contribution in [1.82, 2.24) is 9.62 Å². The first-order chi connectivity index (χ1) is 18.2. The fourth-order valence-corrected chi connectivity index (χ4v) is 4.95. The summed E-state index contributed by atoms with van der Waals surface area (Å²) in [6.45, 7) is 0.545. The number of thiocarbonyl (C=S) groups is 1. The van der Waals surface area contributed by atoms with Crippen LogP contribution in [0.5, 0.6) is 0 Å². The average Bonchev–Trinajstić information content (AvgIpc) is 2.91. The predicted molar refractivity (Wildman–Crippen MR) is 151 cm³/mol. The molecule has 38 heavy (non-hydrogen) atoms. The molecule has 0 saturated carbocycles. The molecule has 0 atom stereocenters. The van der Waals surface area contributed by atoms with Gasteiger partial charge in [-0.25, -0.2) is 8.42 Å². The first-order valence-corrected chi connectivity index (χ1v) is 14.0. The number of rotatable bonds is 12. The van der Waals surface area contributed by atoms with Crippen LogP contribution in [0.25, 0.3) is 0 Å². The van der Waals surface area contributed by atoms with Crippen LogP contribution in [0, 0.1) is 0 Å². The maximum atomic E-state index is 12.9. The molecule has 200 valence electrons. The Labute approximate surface area is 229 Å². The Morgan fingerprint density at radius 2 is 1.47 bits per heavy atom. The van der Waals surface area contributed by atoms with E-state index in [9.17, 15) is 18.0 Å². The molecule has 0 aliphatic heterocycles. The molecule has 0 aliphatic carbocycles. The lowest BCUT2D eigenvalue weighted by Crippen LogP contribution is -2.34. The Hall–Kier alpha value is -3.60. The van der Waals surface area contributed by atoms with Crippen molar-refractivity contribution in [3.63, 3.8) is 0 Å². The summed E-state index contributed by atoms with van der Waals surface area (Å²) >= 11 is 5.16. The van der Waals surface area contributed by atoms with Crippen LogP contribution >= 0.6 is 12.2 Å². The third kappa shape index (κ3) is 9.37. The highest BCUT2D eigenvalue weighted by atomic mass is 32.2. The summed E-state index contributed by atoms with van der Waals surface area (Å²) in [4.78, 5) is 24.2. The van der Waals surface area contributed by atoms with Gasteiger partial charge in [0.25, 0.3) is 0 Å². The number of hydrogen-bond acceptors (Lipinski definition) is 6. The van der Waals surface area contributed by atoms with Gasteiger partial charge in [0.05, 0.1) is 17.9 Å². The molecule has 0 radical (unpaired) electrons. The minimum atomic E-state index is -3.68. The number of anilines is 1. The number of nitrogens with one attached hydrogen (secondary N) is 2. The van der Waals surface area contributed by atoms with Crippen LogP contribution in [-0.4, -0.2) is 43.4 Å². The minimum absolute atomic E-state index is 0.0445. The van der Waals surface area contributed by atoms with Gasteiger partial charge in [0.1, 0.15) is 0 Å². The molecular weight excluding hydrogens is 522 g/mol. The number of nitrogens with zero attached hydrogens (tertiary/aromatic N) is 1. The van der Waals surface area contributed by atoms with E-state index in [-0.39, 0.29) is 29.4 Å². The monoisotopic (exact) mass is 553 g/mol. The zero-order valence-electron chi connectivity index (χ0n) is 21.1. The van der Waals surface area contributed by atoms with Crippen molar-refractivity contribution in [3.05, 3.63) is 96.1 Å². The SMILES string of the molecule is CN(Cc1ccccc1)S(=O)(=O)c1ccc(NC(=S)NC(=O)CCC(=O)OCCCc2ccccc2)cc1. The molecule has 3 rings (SSSR count). The molecule has 0 aliphatic rings. The van der Waals surface area contributed by atoms with Gasteiger partial charge in [-0.1, -0.05) is 60.7 Å². The number of esters is 1. The van der Waals surface area contributed by atoms with Gasteiger partial charge in [-0.05, 0) is 60.5 Å². The number of sulfonamides is 1. The Morgan fingerprint density at radius 1 is 0.868 bits per heavy atom. The lowest BCUT2D eigenvalue weighted by Gasteiger charge is -2.17. The molecule has 0 heterocycles. The Kier molecular flexibility index (Phi) is 11.0. The molecule has 3 aromatic rings. The highest BCUT2D eigenvalue weighted by Crippen LogP contribution is 2.19. The summed E-state index contributed by atoms with van der Waals surface area (Å²) < 4.78 is 32.2. The third-order valence-corrected chi connectivity index (χ3v) is 7.61. The molecule has 0 bridgehead atoms. The summed E-state index contributed by atoms with van der Waals surface area (Å²) in [5, 5.41) is 5.40. The predicted octanol–water partition coefficient (Wildman–Crippen LogP) is 4.28. The average molecular weight is 554 g/mol. The number of hydrogen-bond donors (Lipinski definition) is 2. The van der Waals surface area contributed by atoms with E-state index in [1.165, 1.54) is 29.0 Å². The Bertz CT molecular complexity index is 1320. The van der Waals surface area contributed by atoms with Crippen molar-refractivity contribution in [2.45, 2.75) is 37.1 Å². The second-order valence-corrected chi connectivity index (χ2v) is 11.0. The quantitative estimate of drug-likeness (QED) is 0.196. The topological polar surface area (TPSA) is 105 Å². The summed E-state index contributed by atoms with van der Waals surface area (Å²) in [7, 11) is -2.15. The van der Waals surface area contributed by atoms with E-state index in [0.29, 0.717) is 18.7 Å². The van der Waals surface area contributed by atoms with E-state index in [0.717, 1.165) is 12.0 Å². The molecule has 0 fully saturated rings. The second kappa shape index (κ2) is 14.4. The van der Waals surface area contributed by atoms with E-state index in [1.807, 2.05) is 60.7 Å². The van der Waals surface area contributed by atoms with E-state index >= 15 is 0 Å². The van der Waals surface area contributed by atoms with Crippen molar-refractivity contribution >= 4 is 44.9 Å². The van der Waals surface area contributed by atoms with E-state index in [1.54, 1.807) is 12.1 Å². The molecule has 3 aromatic carbocycles. The van der Waals surface area contributed by atoms with Gasteiger partial charge >= 0.3 is 5.97 Å². The third-order valence-electron chi connectivity index (χ3n) is 5.59. The number of benzene rings is 3. The van der Waals surface area contributed by atoms with Crippen LogP contribution in [0.15, 0.2) is 89.8 Å². The van der Waals surface area contributed by atoms with Crippen molar-refractivity contribution in [2.75, 3.05) is 19.0 Å². The van der Waals surface area contributed by atoms with Crippen molar-refractivity contribution in [2.24, 2.45) is 0 Å². The molecule has 1 amide bonds.